The number of ether oxygens (including phenoxy) is 1. The molecule has 0 aliphatic heterocycles. The van der Waals surface area contributed by atoms with Crippen molar-refractivity contribution in [2.75, 3.05) is 0 Å². The lowest BCUT2D eigenvalue weighted by Gasteiger charge is -2.28. The second kappa shape index (κ2) is 8.80. The van der Waals surface area contributed by atoms with Crippen molar-refractivity contribution in [2.45, 2.75) is 45.8 Å². The predicted octanol–water partition coefficient (Wildman–Crippen LogP) is 6.04. The van der Waals surface area contributed by atoms with E-state index in [1.165, 1.54) is 24.3 Å². The molecule has 1 fully saturated rings. The third-order valence-electron chi connectivity index (χ3n) is 6.78. The molecule has 1 heterocycles. The quantitative estimate of drug-likeness (QED) is 0.355. The van der Waals surface area contributed by atoms with Gasteiger partial charge in [0.2, 0.25) is 5.91 Å². The van der Waals surface area contributed by atoms with Gasteiger partial charge in [-0.25, -0.2) is 13.5 Å². The van der Waals surface area contributed by atoms with E-state index in [1.807, 2.05) is 39.0 Å². The number of benzene rings is 3. The summed E-state index contributed by atoms with van der Waals surface area (Å²) in [5, 5.41) is 8.36. The maximum atomic E-state index is 14.2. The molecule has 1 aromatic heterocycles. The van der Waals surface area contributed by atoms with Crippen LogP contribution in [-0.2, 0) is 4.79 Å². The molecule has 2 atom stereocenters. The lowest BCUT2D eigenvalue weighted by atomic mass is 9.97. The van der Waals surface area contributed by atoms with Crippen molar-refractivity contribution in [3.8, 4) is 11.4 Å². The largest absolute Gasteiger partial charge is 0.484 e. The summed E-state index contributed by atoms with van der Waals surface area (Å²) >= 11 is 0. The summed E-state index contributed by atoms with van der Waals surface area (Å²) in [6, 6.07) is 15.9. The Labute approximate surface area is 202 Å². The fourth-order valence-corrected chi connectivity index (χ4v) is 4.24. The van der Waals surface area contributed by atoms with Gasteiger partial charge in [0.05, 0.1) is 23.4 Å². The summed E-state index contributed by atoms with van der Waals surface area (Å²) in [4.78, 5) is 12.7. The van der Waals surface area contributed by atoms with E-state index in [2.05, 4.69) is 10.4 Å². The highest BCUT2D eigenvalue weighted by Gasteiger charge is 2.45. The number of amides is 1. The second-order valence-corrected chi connectivity index (χ2v) is 9.62. The maximum Gasteiger partial charge on any atom is 0.226 e. The minimum Gasteiger partial charge on any atom is -0.484 e. The van der Waals surface area contributed by atoms with E-state index in [1.54, 1.807) is 29.1 Å². The standard InChI is InChI=1S/C28H27F2N3O2/c1-17-4-5-21(30)15-24(17)26(18(2)32-27(34)28(3)12-13-28)35-23-10-11-25-19(14-23)16-31-33(25)22-8-6-20(29)7-9-22/h4-11,14-16,18,26H,12-13H2,1-3H3,(H,32,34)/t18-,26-/m0/s1. The minimum atomic E-state index is -0.596. The molecule has 0 saturated heterocycles. The van der Waals surface area contributed by atoms with Crippen molar-refractivity contribution in [1.82, 2.24) is 15.1 Å². The average Bonchev–Trinajstić information content (AvgIpc) is 3.46. The fourth-order valence-electron chi connectivity index (χ4n) is 4.24. The Morgan fingerprint density at radius 3 is 2.49 bits per heavy atom. The molecule has 180 valence electrons. The van der Waals surface area contributed by atoms with Gasteiger partial charge in [-0.15, -0.1) is 0 Å². The summed E-state index contributed by atoms with van der Waals surface area (Å²) in [6.45, 7) is 5.73. The lowest BCUT2D eigenvalue weighted by molar-refractivity contribution is -0.127. The van der Waals surface area contributed by atoms with Gasteiger partial charge >= 0.3 is 0 Å². The van der Waals surface area contributed by atoms with Crippen LogP contribution in [-0.4, -0.2) is 21.7 Å². The molecule has 4 aromatic rings. The van der Waals surface area contributed by atoms with Crippen molar-refractivity contribution in [3.63, 3.8) is 0 Å². The van der Waals surface area contributed by atoms with Gasteiger partial charge in [-0.05, 0) is 86.8 Å². The zero-order valence-corrected chi connectivity index (χ0v) is 19.9. The highest BCUT2D eigenvalue weighted by atomic mass is 19.1. The van der Waals surface area contributed by atoms with Gasteiger partial charge < -0.3 is 10.1 Å². The first-order valence-electron chi connectivity index (χ1n) is 11.7. The highest BCUT2D eigenvalue weighted by molar-refractivity contribution is 5.85. The number of halogens is 2. The van der Waals surface area contributed by atoms with Gasteiger partial charge in [-0.3, -0.25) is 4.79 Å². The van der Waals surface area contributed by atoms with Crippen LogP contribution in [0, 0.1) is 24.0 Å². The molecule has 5 rings (SSSR count). The number of carbonyl (C=O) groups is 1. The van der Waals surface area contributed by atoms with E-state index in [0.29, 0.717) is 11.3 Å². The van der Waals surface area contributed by atoms with Gasteiger partial charge in [0.1, 0.15) is 23.5 Å². The van der Waals surface area contributed by atoms with Crippen molar-refractivity contribution < 1.29 is 18.3 Å². The molecule has 0 bridgehead atoms. The van der Waals surface area contributed by atoms with Crippen LogP contribution in [0.25, 0.3) is 16.6 Å². The van der Waals surface area contributed by atoms with Crippen LogP contribution < -0.4 is 10.1 Å². The summed E-state index contributed by atoms with van der Waals surface area (Å²) < 4.78 is 35.6. The van der Waals surface area contributed by atoms with Crippen molar-refractivity contribution >= 4 is 16.8 Å². The number of hydrogen-bond acceptors (Lipinski definition) is 3. The van der Waals surface area contributed by atoms with Crippen molar-refractivity contribution in [2.24, 2.45) is 5.41 Å². The van der Waals surface area contributed by atoms with Crippen molar-refractivity contribution in [3.05, 3.63) is 89.6 Å². The van der Waals surface area contributed by atoms with Crippen LogP contribution in [0.5, 0.6) is 5.75 Å². The molecule has 0 unspecified atom stereocenters. The Morgan fingerprint density at radius 2 is 1.77 bits per heavy atom. The maximum absolute atomic E-state index is 14.2. The topological polar surface area (TPSA) is 56.1 Å². The molecule has 1 amide bonds. The summed E-state index contributed by atoms with van der Waals surface area (Å²) in [6.07, 6.45) is 2.85. The van der Waals surface area contributed by atoms with Gasteiger partial charge in [0.25, 0.3) is 0 Å². The predicted molar refractivity (Wildman–Crippen MR) is 130 cm³/mol. The molecule has 0 radical (unpaired) electrons. The normalized spacial score (nSPS) is 16.0. The Kier molecular flexibility index (Phi) is 5.79. The van der Waals surface area contributed by atoms with E-state index in [0.717, 1.165) is 35.0 Å². The third-order valence-corrected chi connectivity index (χ3v) is 6.78. The van der Waals surface area contributed by atoms with Crippen LogP contribution in [0.1, 0.15) is 43.9 Å². The molecule has 5 nitrogen and oxygen atoms in total. The minimum absolute atomic E-state index is 0.0105. The summed E-state index contributed by atoms with van der Waals surface area (Å²) in [7, 11) is 0. The number of carbonyl (C=O) groups excluding carboxylic acids is 1. The first kappa shape index (κ1) is 23.0. The van der Waals surface area contributed by atoms with Crippen LogP contribution in [0.15, 0.2) is 66.9 Å². The zero-order valence-electron chi connectivity index (χ0n) is 19.9. The number of nitrogens with one attached hydrogen (secondary N) is 1. The first-order valence-corrected chi connectivity index (χ1v) is 11.7. The number of nitrogens with zero attached hydrogens (tertiary/aromatic N) is 2. The molecule has 0 spiro atoms. The van der Waals surface area contributed by atoms with Crippen LogP contribution in [0.4, 0.5) is 8.78 Å². The van der Waals surface area contributed by atoms with Gasteiger partial charge in [-0.2, -0.15) is 5.10 Å². The van der Waals surface area contributed by atoms with E-state index in [4.69, 9.17) is 4.74 Å². The van der Waals surface area contributed by atoms with Gasteiger partial charge in [0, 0.05) is 16.4 Å². The van der Waals surface area contributed by atoms with Crippen LogP contribution >= 0.6 is 0 Å². The molecule has 1 saturated carbocycles. The monoisotopic (exact) mass is 475 g/mol. The number of hydrogen-bond donors (Lipinski definition) is 1. The van der Waals surface area contributed by atoms with Crippen molar-refractivity contribution in [1.29, 1.82) is 0 Å². The highest BCUT2D eigenvalue weighted by Crippen LogP contribution is 2.45. The number of aryl methyl sites for hydroxylation is 1. The van der Waals surface area contributed by atoms with Crippen LogP contribution in [0.2, 0.25) is 0 Å². The summed E-state index contributed by atoms with van der Waals surface area (Å²) in [5.41, 5.74) is 2.81. The van der Waals surface area contributed by atoms with Gasteiger partial charge in [0.15, 0.2) is 0 Å². The molecule has 3 aromatic carbocycles. The first-order chi connectivity index (χ1) is 16.7. The fraction of sp³-hybridized carbons (Fsp3) is 0.286. The Balaban J connectivity index is 1.46. The SMILES string of the molecule is Cc1ccc(F)cc1[C@@H](Oc1ccc2c(cnn2-c2ccc(F)cc2)c1)[C@H](C)NC(=O)C1(C)CC1. The van der Waals surface area contributed by atoms with E-state index in [9.17, 15) is 13.6 Å². The molecular weight excluding hydrogens is 448 g/mol. The number of fused-ring (bicyclic) bond motifs is 1. The lowest BCUT2D eigenvalue weighted by Crippen LogP contribution is -2.42. The molecule has 35 heavy (non-hydrogen) atoms. The average molecular weight is 476 g/mol. The third kappa shape index (κ3) is 4.63. The molecule has 1 aliphatic carbocycles. The van der Waals surface area contributed by atoms with Gasteiger partial charge in [-0.1, -0.05) is 13.0 Å². The van der Waals surface area contributed by atoms with E-state index in [-0.39, 0.29) is 23.0 Å². The Bertz CT molecular complexity index is 1390. The second-order valence-electron chi connectivity index (χ2n) is 9.62. The Hall–Kier alpha value is -3.74. The Morgan fingerprint density at radius 1 is 1.06 bits per heavy atom. The van der Waals surface area contributed by atoms with E-state index >= 15 is 0 Å². The van der Waals surface area contributed by atoms with E-state index < -0.39 is 12.1 Å². The molecular formula is C28H27F2N3O2. The molecule has 7 heteroatoms. The molecule has 1 N–H and O–H groups in total. The number of aromatic nitrogens is 2. The smallest absolute Gasteiger partial charge is 0.226 e. The summed E-state index contributed by atoms with van der Waals surface area (Å²) in [5.74, 6) is -0.105. The number of rotatable bonds is 7. The molecule has 1 aliphatic rings. The zero-order chi connectivity index (χ0) is 24.7. The van der Waals surface area contributed by atoms with Crippen LogP contribution in [0.3, 0.4) is 0 Å².